The number of rotatable bonds is 10. The molecular weight excluding hydrogens is 600 g/mol. The molecule has 0 spiro atoms. The van der Waals surface area contributed by atoms with E-state index < -0.39 is 11.9 Å². The summed E-state index contributed by atoms with van der Waals surface area (Å²) in [7, 11) is 0. The lowest BCUT2D eigenvalue weighted by molar-refractivity contribution is 0.0702. The average Bonchev–Trinajstić information content (AvgIpc) is 3.30. The number of aryl methyl sites for hydroxylation is 1. The van der Waals surface area contributed by atoms with Gasteiger partial charge in [0.25, 0.3) is 0 Å². The SMILES string of the molecule is CCCCCOc1ccc(C2C(C#N)=C(N)Oc3cc(OC(=O)c4oc5cc(Br)ccc5c4C)ccc32)cc1OCC. The van der Waals surface area contributed by atoms with E-state index in [0.717, 1.165) is 34.7 Å². The van der Waals surface area contributed by atoms with Crippen LogP contribution >= 0.6 is 15.9 Å². The molecular formula is C33H31BrN2O6. The molecule has 0 bridgehead atoms. The first-order chi connectivity index (χ1) is 20.3. The molecule has 1 aliphatic heterocycles. The molecule has 216 valence electrons. The number of unbranched alkanes of at least 4 members (excludes halogenated alkanes) is 2. The molecule has 3 aromatic carbocycles. The molecule has 1 aromatic heterocycles. The second-order valence-corrected chi connectivity index (χ2v) is 10.8. The molecule has 2 N–H and O–H groups in total. The Morgan fingerprint density at radius 2 is 1.88 bits per heavy atom. The van der Waals surface area contributed by atoms with Crippen molar-refractivity contribution in [3.05, 3.63) is 93.0 Å². The van der Waals surface area contributed by atoms with Gasteiger partial charge in [0.2, 0.25) is 11.6 Å². The lowest BCUT2D eigenvalue weighted by Gasteiger charge is -2.27. The topological polar surface area (TPSA) is 117 Å². The zero-order chi connectivity index (χ0) is 29.8. The van der Waals surface area contributed by atoms with E-state index in [4.69, 9.17) is 29.1 Å². The number of furan rings is 1. The monoisotopic (exact) mass is 630 g/mol. The van der Waals surface area contributed by atoms with Crippen molar-refractivity contribution >= 4 is 32.9 Å². The number of allylic oxidation sites excluding steroid dienone is 1. The molecule has 5 rings (SSSR count). The molecule has 0 radical (unpaired) electrons. The third-order valence-corrected chi connectivity index (χ3v) is 7.59. The smallest absolute Gasteiger partial charge is 0.379 e. The number of carbonyl (C=O) groups excluding carboxylic acids is 1. The average molecular weight is 632 g/mol. The van der Waals surface area contributed by atoms with E-state index in [9.17, 15) is 10.1 Å². The Balaban J connectivity index is 1.45. The third kappa shape index (κ3) is 5.81. The minimum absolute atomic E-state index is 0.0185. The summed E-state index contributed by atoms with van der Waals surface area (Å²) in [6.45, 7) is 6.91. The van der Waals surface area contributed by atoms with Crippen molar-refractivity contribution in [2.24, 2.45) is 5.73 Å². The number of halogens is 1. The number of esters is 1. The molecule has 8 nitrogen and oxygen atoms in total. The van der Waals surface area contributed by atoms with Gasteiger partial charge < -0.3 is 29.1 Å². The van der Waals surface area contributed by atoms with E-state index in [2.05, 4.69) is 28.9 Å². The van der Waals surface area contributed by atoms with E-state index in [1.54, 1.807) is 24.3 Å². The van der Waals surface area contributed by atoms with E-state index in [1.807, 2.05) is 44.2 Å². The lowest BCUT2D eigenvalue weighted by atomic mass is 9.83. The Kier molecular flexibility index (Phi) is 8.74. The lowest BCUT2D eigenvalue weighted by Crippen LogP contribution is -2.21. The van der Waals surface area contributed by atoms with Crippen LogP contribution in [-0.4, -0.2) is 19.2 Å². The number of ether oxygens (including phenoxy) is 4. The fourth-order valence-corrected chi connectivity index (χ4v) is 5.36. The Hall–Kier alpha value is -4.42. The van der Waals surface area contributed by atoms with Crippen LogP contribution in [-0.2, 0) is 0 Å². The van der Waals surface area contributed by atoms with Gasteiger partial charge in [-0.1, -0.05) is 47.8 Å². The maximum atomic E-state index is 13.1. The van der Waals surface area contributed by atoms with Gasteiger partial charge in [0.1, 0.15) is 28.7 Å². The summed E-state index contributed by atoms with van der Waals surface area (Å²) in [6, 6.07) is 18.4. The minimum Gasteiger partial charge on any atom is -0.490 e. The van der Waals surface area contributed by atoms with Gasteiger partial charge in [-0.3, -0.25) is 0 Å². The molecule has 4 aromatic rings. The summed E-state index contributed by atoms with van der Waals surface area (Å²) in [5, 5.41) is 10.8. The van der Waals surface area contributed by atoms with Crippen LogP contribution in [0.4, 0.5) is 0 Å². The molecule has 0 amide bonds. The molecule has 0 fully saturated rings. The Morgan fingerprint density at radius 3 is 2.64 bits per heavy atom. The van der Waals surface area contributed by atoms with Crippen LogP contribution in [0.3, 0.4) is 0 Å². The number of fused-ring (bicyclic) bond motifs is 2. The molecule has 2 heterocycles. The summed E-state index contributed by atoms with van der Waals surface area (Å²) in [6.07, 6.45) is 3.15. The Labute approximate surface area is 252 Å². The first-order valence-corrected chi connectivity index (χ1v) is 14.7. The summed E-state index contributed by atoms with van der Waals surface area (Å²) in [4.78, 5) is 13.1. The van der Waals surface area contributed by atoms with Gasteiger partial charge in [0, 0.05) is 27.1 Å². The predicted molar refractivity (Wildman–Crippen MR) is 162 cm³/mol. The Bertz CT molecular complexity index is 1720. The van der Waals surface area contributed by atoms with Crippen LogP contribution in [0.1, 0.15) is 66.3 Å². The van der Waals surface area contributed by atoms with Crippen LogP contribution in [0.5, 0.6) is 23.0 Å². The van der Waals surface area contributed by atoms with Gasteiger partial charge in [0.15, 0.2) is 11.5 Å². The van der Waals surface area contributed by atoms with Crippen molar-refractivity contribution < 1.29 is 28.2 Å². The summed E-state index contributed by atoms with van der Waals surface area (Å²) in [5.74, 6) is 0.810. The summed E-state index contributed by atoms with van der Waals surface area (Å²) < 4.78 is 30.0. The maximum Gasteiger partial charge on any atom is 0.379 e. The van der Waals surface area contributed by atoms with Crippen LogP contribution in [0.2, 0.25) is 0 Å². The highest BCUT2D eigenvalue weighted by atomic mass is 79.9. The van der Waals surface area contributed by atoms with Gasteiger partial charge in [0.05, 0.1) is 19.1 Å². The van der Waals surface area contributed by atoms with Crippen LogP contribution in [0, 0.1) is 18.3 Å². The normalized spacial score (nSPS) is 14.2. The Morgan fingerprint density at radius 1 is 1.05 bits per heavy atom. The van der Waals surface area contributed by atoms with Crippen LogP contribution in [0.15, 0.2) is 74.9 Å². The highest BCUT2D eigenvalue weighted by Gasteiger charge is 2.32. The number of carbonyl (C=O) groups is 1. The second kappa shape index (κ2) is 12.6. The fourth-order valence-electron chi connectivity index (χ4n) is 5.02. The molecule has 0 saturated heterocycles. The number of benzene rings is 3. The molecule has 0 saturated carbocycles. The van der Waals surface area contributed by atoms with Crippen molar-refractivity contribution in [2.75, 3.05) is 13.2 Å². The zero-order valence-electron chi connectivity index (χ0n) is 23.7. The van der Waals surface area contributed by atoms with Gasteiger partial charge in [-0.05, 0) is 62.2 Å². The standard InChI is InChI=1S/C33H31BrN2O6/c1-4-6-7-14-39-26-13-8-20(15-29(26)38-5-2)30-24-12-10-22(17-28(24)42-32(36)25(30)18-35)40-33(37)31-19(3)23-11-9-21(34)16-27(23)41-31/h8-13,15-17,30H,4-7,14,36H2,1-3H3. The predicted octanol–water partition coefficient (Wildman–Crippen LogP) is 7.91. The van der Waals surface area contributed by atoms with E-state index >= 15 is 0 Å². The molecule has 1 atom stereocenters. The van der Waals surface area contributed by atoms with E-state index in [1.165, 1.54) is 0 Å². The zero-order valence-corrected chi connectivity index (χ0v) is 25.2. The van der Waals surface area contributed by atoms with Gasteiger partial charge in [-0.2, -0.15) is 5.26 Å². The van der Waals surface area contributed by atoms with E-state index in [0.29, 0.717) is 47.2 Å². The molecule has 42 heavy (non-hydrogen) atoms. The first-order valence-electron chi connectivity index (χ1n) is 13.9. The van der Waals surface area contributed by atoms with Crippen molar-refractivity contribution in [1.82, 2.24) is 0 Å². The highest BCUT2D eigenvalue weighted by Crippen LogP contribution is 2.45. The number of nitrogens with two attached hydrogens (primary N) is 1. The maximum absolute atomic E-state index is 13.1. The number of hydrogen-bond acceptors (Lipinski definition) is 8. The number of nitriles is 1. The molecule has 1 aliphatic rings. The molecule has 0 aliphatic carbocycles. The number of hydrogen-bond donors (Lipinski definition) is 1. The van der Waals surface area contributed by atoms with Crippen LogP contribution in [0.25, 0.3) is 11.0 Å². The first kappa shape index (κ1) is 29.1. The van der Waals surface area contributed by atoms with Crippen molar-refractivity contribution in [2.45, 2.75) is 46.0 Å². The van der Waals surface area contributed by atoms with Crippen molar-refractivity contribution in [3.63, 3.8) is 0 Å². The summed E-state index contributed by atoms with van der Waals surface area (Å²) >= 11 is 3.42. The van der Waals surface area contributed by atoms with Gasteiger partial charge >= 0.3 is 5.97 Å². The van der Waals surface area contributed by atoms with Crippen LogP contribution < -0.4 is 24.7 Å². The number of nitrogens with zero attached hydrogens (tertiary/aromatic N) is 1. The quantitative estimate of drug-likeness (QED) is 0.107. The van der Waals surface area contributed by atoms with Crippen molar-refractivity contribution in [1.29, 1.82) is 5.26 Å². The van der Waals surface area contributed by atoms with Crippen molar-refractivity contribution in [3.8, 4) is 29.1 Å². The largest absolute Gasteiger partial charge is 0.490 e. The fraction of sp³-hybridized carbons (Fsp3) is 0.273. The third-order valence-electron chi connectivity index (χ3n) is 7.09. The summed E-state index contributed by atoms with van der Waals surface area (Å²) in [5.41, 5.74) is 9.25. The van der Waals surface area contributed by atoms with Gasteiger partial charge in [-0.25, -0.2) is 4.79 Å². The minimum atomic E-state index is -0.635. The highest BCUT2D eigenvalue weighted by molar-refractivity contribution is 9.10. The van der Waals surface area contributed by atoms with E-state index in [-0.39, 0.29) is 23.0 Å². The molecule has 1 unspecified atom stereocenters. The van der Waals surface area contributed by atoms with Gasteiger partial charge in [-0.15, -0.1) is 0 Å². The second-order valence-electron chi connectivity index (χ2n) is 9.91. The molecule has 9 heteroatoms.